The topological polar surface area (TPSA) is 60.9 Å². The molecule has 0 aromatic heterocycles. The number of rotatable bonds is 1. The predicted molar refractivity (Wildman–Crippen MR) is 69.6 cm³/mol. The summed E-state index contributed by atoms with van der Waals surface area (Å²) >= 11 is 0. The quantitative estimate of drug-likeness (QED) is 0.695. The van der Waals surface area contributed by atoms with Crippen LogP contribution in [0.25, 0.3) is 0 Å². The van der Waals surface area contributed by atoms with Gasteiger partial charge in [-0.05, 0) is 12.8 Å². The average molecular weight is 321 g/mol. The molecular formula is C13H18F3N3O3. The minimum Gasteiger partial charge on any atom is -0.339 e. The summed E-state index contributed by atoms with van der Waals surface area (Å²) in [6.07, 6.45) is -4.34. The molecule has 9 heteroatoms. The summed E-state index contributed by atoms with van der Waals surface area (Å²) in [5.41, 5.74) is 0. The number of carbonyl (C=O) groups excluding carboxylic acids is 3. The number of carbonyl (C=O) groups is 3. The number of halogens is 3. The molecule has 3 amide bonds. The number of likely N-dealkylation sites (tertiary alicyclic amines) is 1. The van der Waals surface area contributed by atoms with E-state index in [-0.39, 0.29) is 32.0 Å². The van der Waals surface area contributed by atoms with Crippen LogP contribution in [0.15, 0.2) is 0 Å². The molecule has 2 aliphatic heterocycles. The second kappa shape index (κ2) is 6.13. The van der Waals surface area contributed by atoms with Crippen LogP contribution in [-0.2, 0) is 14.4 Å². The van der Waals surface area contributed by atoms with Crippen LogP contribution < -0.4 is 0 Å². The van der Waals surface area contributed by atoms with Crippen LogP contribution in [0.5, 0.6) is 0 Å². The molecule has 0 aromatic rings. The molecule has 1 atom stereocenters. The van der Waals surface area contributed by atoms with E-state index in [0.717, 1.165) is 0 Å². The van der Waals surface area contributed by atoms with Crippen LogP contribution in [0.3, 0.4) is 0 Å². The smallest absolute Gasteiger partial charge is 0.339 e. The van der Waals surface area contributed by atoms with Crippen molar-refractivity contribution in [1.82, 2.24) is 14.7 Å². The molecule has 2 fully saturated rings. The molecule has 0 aliphatic carbocycles. The molecule has 2 rings (SSSR count). The van der Waals surface area contributed by atoms with Crippen molar-refractivity contribution in [2.24, 2.45) is 0 Å². The molecule has 22 heavy (non-hydrogen) atoms. The fourth-order valence-corrected chi connectivity index (χ4v) is 2.88. The van der Waals surface area contributed by atoms with Crippen molar-refractivity contribution in [3.05, 3.63) is 0 Å². The SMILES string of the molecule is CC(=O)N1CCN(C(=O)C2CCCN2C(=O)C(F)(F)F)CC1. The van der Waals surface area contributed by atoms with Crippen molar-refractivity contribution in [3.63, 3.8) is 0 Å². The zero-order valence-electron chi connectivity index (χ0n) is 12.2. The number of nitrogens with zero attached hydrogens (tertiary/aromatic N) is 3. The minimum absolute atomic E-state index is 0.0534. The Labute approximate surface area is 125 Å². The van der Waals surface area contributed by atoms with Crippen LogP contribution >= 0.6 is 0 Å². The Morgan fingerprint density at radius 1 is 0.955 bits per heavy atom. The van der Waals surface area contributed by atoms with Crippen molar-refractivity contribution in [1.29, 1.82) is 0 Å². The predicted octanol–water partition coefficient (Wildman–Crippen LogP) is 0.230. The van der Waals surface area contributed by atoms with Gasteiger partial charge in [0.1, 0.15) is 6.04 Å². The maximum Gasteiger partial charge on any atom is 0.471 e. The van der Waals surface area contributed by atoms with Gasteiger partial charge in [-0.2, -0.15) is 13.2 Å². The third-order valence-electron chi connectivity index (χ3n) is 4.08. The largest absolute Gasteiger partial charge is 0.471 e. The fraction of sp³-hybridized carbons (Fsp3) is 0.769. The minimum atomic E-state index is -4.96. The Morgan fingerprint density at radius 3 is 2.00 bits per heavy atom. The normalized spacial score (nSPS) is 22.9. The molecule has 0 N–H and O–H groups in total. The molecule has 1 unspecified atom stereocenters. The van der Waals surface area contributed by atoms with Crippen molar-refractivity contribution in [2.75, 3.05) is 32.7 Å². The highest BCUT2D eigenvalue weighted by molar-refractivity contribution is 5.90. The first-order valence-electron chi connectivity index (χ1n) is 7.14. The van der Waals surface area contributed by atoms with Gasteiger partial charge in [-0.15, -0.1) is 0 Å². The Bertz CT molecular complexity index is 473. The van der Waals surface area contributed by atoms with Gasteiger partial charge >= 0.3 is 12.1 Å². The lowest BCUT2D eigenvalue weighted by atomic mass is 10.1. The van der Waals surface area contributed by atoms with Gasteiger partial charge in [-0.1, -0.05) is 0 Å². The summed E-state index contributed by atoms with van der Waals surface area (Å²) in [6, 6.07) is -1.04. The van der Waals surface area contributed by atoms with E-state index < -0.39 is 24.0 Å². The lowest BCUT2D eigenvalue weighted by molar-refractivity contribution is -0.187. The Balaban J connectivity index is 2.00. The number of alkyl halides is 3. The molecule has 0 aromatic carbocycles. The van der Waals surface area contributed by atoms with Crippen LogP contribution in [-0.4, -0.2) is 77.4 Å². The molecule has 124 valence electrons. The Morgan fingerprint density at radius 2 is 1.50 bits per heavy atom. The van der Waals surface area contributed by atoms with Crippen molar-refractivity contribution in [3.8, 4) is 0 Å². The zero-order valence-corrected chi connectivity index (χ0v) is 12.2. The first kappa shape index (κ1) is 16.6. The van der Waals surface area contributed by atoms with E-state index in [1.165, 1.54) is 11.8 Å². The standard InChI is InChI=1S/C13H18F3N3O3/c1-9(20)17-5-7-18(8-6-17)11(21)10-3-2-4-19(10)12(22)13(14,15)16/h10H,2-8H2,1H3. The molecule has 0 bridgehead atoms. The van der Waals surface area contributed by atoms with Crippen LogP contribution in [0, 0.1) is 0 Å². The molecular weight excluding hydrogens is 303 g/mol. The van der Waals surface area contributed by atoms with E-state index in [1.807, 2.05) is 0 Å². The molecule has 2 saturated heterocycles. The summed E-state index contributed by atoms with van der Waals surface area (Å²) in [5, 5.41) is 0. The van der Waals surface area contributed by atoms with Gasteiger partial charge in [0.2, 0.25) is 11.8 Å². The molecule has 6 nitrogen and oxygen atoms in total. The van der Waals surface area contributed by atoms with Gasteiger partial charge in [0.15, 0.2) is 0 Å². The second-order valence-corrected chi connectivity index (χ2v) is 5.49. The Kier molecular flexibility index (Phi) is 4.62. The summed E-state index contributed by atoms with van der Waals surface area (Å²) in [4.78, 5) is 38.6. The third kappa shape index (κ3) is 3.33. The lowest BCUT2D eigenvalue weighted by Crippen LogP contribution is -2.56. The highest BCUT2D eigenvalue weighted by Gasteiger charge is 2.48. The van der Waals surface area contributed by atoms with Crippen LogP contribution in [0.1, 0.15) is 19.8 Å². The molecule has 2 aliphatic rings. The Hall–Kier alpha value is -1.80. The van der Waals surface area contributed by atoms with Gasteiger partial charge in [-0.25, -0.2) is 0 Å². The van der Waals surface area contributed by atoms with Crippen molar-refractivity contribution < 1.29 is 27.6 Å². The zero-order chi connectivity index (χ0) is 16.5. The first-order valence-corrected chi connectivity index (χ1v) is 7.14. The van der Waals surface area contributed by atoms with E-state index in [0.29, 0.717) is 24.4 Å². The summed E-state index contributed by atoms with van der Waals surface area (Å²) in [7, 11) is 0. The van der Waals surface area contributed by atoms with E-state index >= 15 is 0 Å². The summed E-state index contributed by atoms with van der Waals surface area (Å²) in [6.45, 7) is 2.66. The van der Waals surface area contributed by atoms with Gasteiger partial charge in [-0.3, -0.25) is 14.4 Å². The van der Waals surface area contributed by atoms with Gasteiger partial charge in [0.05, 0.1) is 0 Å². The average Bonchev–Trinajstić information content (AvgIpc) is 2.93. The maximum atomic E-state index is 12.6. The van der Waals surface area contributed by atoms with Crippen molar-refractivity contribution >= 4 is 17.7 Å². The van der Waals surface area contributed by atoms with Crippen LogP contribution in [0.4, 0.5) is 13.2 Å². The number of hydrogen-bond donors (Lipinski definition) is 0. The summed E-state index contributed by atoms with van der Waals surface area (Å²) in [5.74, 6) is -2.51. The lowest BCUT2D eigenvalue weighted by Gasteiger charge is -2.37. The maximum absolute atomic E-state index is 12.6. The molecule has 0 spiro atoms. The highest BCUT2D eigenvalue weighted by Crippen LogP contribution is 2.26. The molecule has 0 saturated carbocycles. The van der Waals surface area contributed by atoms with E-state index in [2.05, 4.69) is 0 Å². The van der Waals surface area contributed by atoms with Gasteiger partial charge < -0.3 is 14.7 Å². The highest BCUT2D eigenvalue weighted by atomic mass is 19.4. The first-order chi connectivity index (χ1) is 10.2. The van der Waals surface area contributed by atoms with E-state index in [1.54, 1.807) is 4.90 Å². The van der Waals surface area contributed by atoms with Crippen LogP contribution in [0.2, 0.25) is 0 Å². The molecule has 0 radical (unpaired) electrons. The van der Waals surface area contributed by atoms with E-state index in [9.17, 15) is 27.6 Å². The molecule has 2 heterocycles. The number of amides is 3. The fourth-order valence-electron chi connectivity index (χ4n) is 2.88. The van der Waals surface area contributed by atoms with Gasteiger partial charge in [0, 0.05) is 39.6 Å². The number of piperazine rings is 1. The third-order valence-corrected chi connectivity index (χ3v) is 4.08. The number of hydrogen-bond acceptors (Lipinski definition) is 3. The van der Waals surface area contributed by atoms with Gasteiger partial charge in [0.25, 0.3) is 0 Å². The monoisotopic (exact) mass is 321 g/mol. The summed E-state index contributed by atoms with van der Waals surface area (Å²) < 4.78 is 37.7. The second-order valence-electron chi connectivity index (χ2n) is 5.49. The van der Waals surface area contributed by atoms with E-state index in [4.69, 9.17) is 0 Å². The van der Waals surface area contributed by atoms with Crippen molar-refractivity contribution in [2.45, 2.75) is 32.0 Å².